The third-order valence-corrected chi connectivity index (χ3v) is 2.72. The number of nitrogens with zero attached hydrogens (tertiary/aromatic N) is 3. The van der Waals surface area contributed by atoms with E-state index in [1.54, 1.807) is 0 Å². The lowest BCUT2D eigenvalue weighted by Crippen LogP contribution is -2.35. The number of nitrogens with one attached hydrogen (secondary N) is 1. The first-order valence-corrected chi connectivity index (χ1v) is 5.78. The predicted molar refractivity (Wildman–Crippen MR) is 67.6 cm³/mol. The van der Waals surface area contributed by atoms with Gasteiger partial charge in [-0.2, -0.15) is 4.98 Å². The largest absolute Gasteiger partial charge is 0.394 e. The Morgan fingerprint density at radius 3 is 2.85 bits per heavy atom. The molecule has 2 rings (SSSR count). The molecule has 0 saturated heterocycles. The van der Waals surface area contributed by atoms with Crippen molar-refractivity contribution in [1.82, 2.24) is 19.5 Å². The van der Waals surface area contributed by atoms with Gasteiger partial charge in [0.05, 0.1) is 19.5 Å². The second kappa shape index (κ2) is 5.96. The molecule has 0 spiro atoms. The fraction of sp³-hybridized carbons (Fsp3) is 0.500. The normalized spacial score (nSPS) is 14.6. The Morgan fingerprint density at radius 2 is 2.20 bits per heavy atom. The van der Waals surface area contributed by atoms with Crippen molar-refractivity contribution in [2.75, 3.05) is 18.9 Å². The van der Waals surface area contributed by atoms with Gasteiger partial charge in [0.15, 0.2) is 11.2 Å². The zero-order valence-corrected chi connectivity index (χ0v) is 10.4. The van der Waals surface area contributed by atoms with E-state index in [2.05, 4.69) is 15.0 Å². The van der Waals surface area contributed by atoms with Gasteiger partial charge < -0.3 is 25.8 Å². The molecule has 1 unspecified atom stereocenters. The number of anilines is 1. The summed E-state index contributed by atoms with van der Waals surface area (Å²) in [5.74, 6) is -0.0571. The van der Waals surface area contributed by atoms with Crippen LogP contribution in [0.5, 0.6) is 0 Å². The SMILES string of the molecule is Nc1nc2c(ncn2CO[C@H](CO)C(O)CO)c(=O)[nH]1. The molecule has 6 N–H and O–H groups in total. The summed E-state index contributed by atoms with van der Waals surface area (Å²) in [5.41, 5.74) is 5.30. The summed E-state index contributed by atoms with van der Waals surface area (Å²) in [4.78, 5) is 21.7. The van der Waals surface area contributed by atoms with Crippen LogP contribution in [0.4, 0.5) is 5.95 Å². The van der Waals surface area contributed by atoms with Gasteiger partial charge in [-0.25, -0.2) is 4.98 Å². The molecular weight excluding hydrogens is 270 g/mol. The number of nitrogens with two attached hydrogens (primary N) is 1. The van der Waals surface area contributed by atoms with Crippen molar-refractivity contribution < 1.29 is 20.1 Å². The Balaban J connectivity index is 2.20. The first kappa shape index (κ1) is 14.4. The third kappa shape index (κ3) is 2.77. The van der Waals surface area contributed by atoms with Crippen molar-refractivity contribution in [3.8, 4) is 0 Å². The molecule has 0 amide bonds. The molecule has 2 aromatic heterocycles. The van der Waals surface area contributed by atoms with Gasteiger partial charge in [0.25, 0.3) is 5.56 Å². The van der Waals surface area contributed by atoms with E-state index in [4.69, 9.17) is 20.7 Å². The lowest BCUT2D eigenvalue weighted by molar-refractivity contribution is -0.0997. The maximum absolute atomic E-state index is 11.6. The van der Waals surface area contributed by atoms with Crippen LogP contribution in [0.3, 0.4) is 0 Å². The van der Waals surface area contributed by atoms with Crippen molar-refractivity contribution in [3.63, 3.8) is 0 Å². The number of aromatic amines is 1. The number of fused-ring (bicyclic) bond motifs is 1. The highest BCUT2D eigenvalue weighted by molar-refractivity contribution is 5.70. The van der Waals surface area contributed by atoms with Crippen LogP contribution in [0, 0.1) is 0 Å². The smallest absolute Gasteiger partial charge is 0.280 e. The highest BCUT2D eigenvalue weighted by Gasteiger charge is 2.19. The molecule has 0 saturated carbocycles. The first-order chi connectivity index (χ1) is 9.56. The standard InChI is InChI=1S/C10H15N5O5/c11-10-13-8-7(9(19)14-10)12-3-15(8)4-20-6(2-17)5(18)1-16/h3,5-6,16-18H,1-2,4H2,(H3,11,13,14,19)/t5?,6-/m1/s1. The number of H-pyrrole nitrogens is 1. The van der Waals surface area contributed by atoms with Crippen molar-refractivity contribution in [2.45, 2.75) is 18.9 Å². The average Bonchev–Trinajstić information content (AvgIpc) is 2.82. The summed E-state index contributed by atoms with van der Waals surface area (Å²) in [6.07, 6.45) is -0.848. The Bertz CT molecular complexity index is 638. The Morgan fingerprint density at radius 1 is 1.45 bits per heavy atom. The van der Waals surface area contributed by atoms with Crippen LogP contribution >= 0.6 is 0 Å². The zero-order valence-electron chi connectivity index (χ0n) is 10.4. The van der Waals surface area contributed by atoms with E-state index >= 15 is 0 Å². The van der Waals surface area contributed by atoms with Crippen molar-refractivity contribution >= 4 is 17.1 Å². The summed E-state index contributed by atoms with van der Waals surface area (Å²) >= 11 is 0. The van der Waals surface area contributed by atoms with Crippen LogP contribution in [0.25, 0.3) is 11.2 Å². The highest BCUT2D eigenvalue weighted by atomic mass is 16.5. The fourth-order valence-corrected chi connectivity index (χ4v) is 1.64. The molecule has 20 heavy (non-hydrogen) atoms. The number of hydrogen-bond donors (Lipinski definition) is 5. The Kier molecular flexibility index (Phi) is 4.29. The number of aliphatic hydroxyl groups excluding tert-OH is 3. The van der Waals surface area contributed by atoms with Crippen LogP contribution in [0.15, 0.2) is 11.1 Å². The fourth-order valence-electron chi connectivity index (χ4n) is 1.64. The molecule has 0 aliphatic rings. The number of ether oxygens (including phenoxy) is 1. The first-order valence-electron chi connectivity index (χ1n) is 5.78. The van der Waals surface area contributed by atoms with E-state index < -0.39 is 31.0 Å². The second-order valence-electron chi connectivity index (χ2n) is 4.10. The maximum atomic E-state index is 11.6. The second-order valence-corrected chi connectivity index (χ2v) is 4.10. The number of aromatic nitrogens is 4. The molecule has 10 nitrogen and oxygen atoms in total. The van der Waals surface area contributed by atoms with E-state index in [1.165, 1.54) is 10.9 Å². The topological polar surface area (TPSA) is 160 Å². The maximum Gasteiger partial charge on any atom is 0.280 e. The number of aliphatic hydroxyl groups is 3. The van der Waals surface area contributed by atoms with E-state index in [1.807, 2.05) is 0 Å². The zero-order chi connectivity index (χ0) is 14.7. The third-order valence-electron chi connectivity index (χ3n) is 2.72. The summed E-state index contributed by atoms with van der Waals surface area (Å²) in [7, 11) is 0. The van der Waals surface area contributed by atoms with Gasteiger partial charge >= 0.3 is 0 Å². The van der Waals surface area contributed by atoms with Crippen LogP contribution < -0.4 is 11.3 Å². The Hall–Kier alpha value is -2.01. The number of nitrogen functional groups attached to an aromatic ring is 1. The minimum atomic E-state index is -1.21. The quantitative estimate of drug-likeness (QED) is 0.386. The molecule has 10 heteroatoms. The predicted octanol–water partition coefficient (Wildman–Crippen LogP) is -2.61. The summed E-state index contributed by atoms with van der Waals surface area (Å²) in [6.45, 7) is -1.13. The van der Waals surface area contributed by atoms with Gasteiger partial charge in [-0.15, -0.1) is 0 Å². The molecular formula is C10H15N5O5. The molecule has 0 bridgehead atoms. The Labute approximate surface area is 112 Å². The summed E-state index contributed by atoms with van der Waals surface area (Å²) < 4.78 is 6.64. The van der Waals surface area contributed by atoms with Crippen molar-refractivity contribution in [1.29, 1.82) is 0 Å². The lowest BCUT2D eigenvalue weighted by atomic mass is 10.2. The summed E-state index contributed by atoms with van der Waals surface area (Å²) in [6, 6.07) is 0. The van der Waals surface area contributed by atoms with Gasteiger partial charge in [-0.3, -0.25) is 14.3 Å². The number of rotatable bonds is 6. The van der Waals surface area contributed by atoms with E-state index in [-0.39, 0.29) is 23.8 Å². The molecule has 0 aliphatic heterocycles. The van der Waals surface area contributed by atoms with Gasteiger partial charge in [-0.1, -0.05) is 0 Å². The molecule has 0 radical (unpaired) electrons. The lowest BCUT2D eigenvalue weighted by Gasteiger charge is -2.19. The van der Waals surface area contributed by atoms with E-state index in [9.17, 15) is 9.90 Å². The molecule has 2 heterocycles. The van der Waals surface area contributed by atoms with Gasteiger partial charge in [0.2, 0.25) is 5.95 Å². The highest BCUT2D eigenvalue weighted by Crippen LogP contribution is 2.08. The minimum Gasteiger partial charge on any atom is -0.394 e. The van der Waals surface area contributed by atoms with E-state index in [0.717, 1.165) is 0 Å². The molecule has 2 aromatic rings. The van der Waals surface area contributed by atoms with Gasteiger partial charge in [-0.05, 0) is 0 Å². The van der Waals surface area contributed by atoms with Crippen LogP contribution in [-0.4, -0.2) is 60.3 Å². The molecule has 110 valence electrons. The van der Waals surface area contributed by atoms with Crippen molar-refractivity contribution in [2.24, 2.45) is 0 Å². The van der Waals surface area contributed by atoms with Crippen molar-refractivity contribution in [3.05, 3.63) is 16.7 Å². The van der Waals surface area contributed by atoms with Crippen LogP contribution in [0.1, 0.15) is 0 Å². The monoisotopic (exact) mass is 285 g/mol. The number of hydrogen-bond acceptors (Lipinski definition) is 8. The number of imidazole rings is 1. The summed E-state index contributed by atoms with van der Waals surface area (Å²) in [5, 5.41) is 27.2. The molecule has 2 atom stereocenters. The van der Waals surface area contributed by atoms with Crippen LogP contribution in [-0.2, 0) is 11.5 Å². The average molecular weight is 285 g/mol. The van der Waals surface area contributed by atoms with Gasteiger partial charge in [0.1, 0.15) is 18.9 Å². The van der Waals surface area contributed by atoms with Gasteiger partial charge in [0, 0.05) is 0 Å². The van der Waals surface area contributed by atoms with E-state index in [0.29, 0.717) is 0 Å². The molecule has 0 aromatic carbocycles. The minimum absolute atomic E-state index is 0.0571. The van der Waals surface area contributed by atoms with Crippen LogP contribution in [0.2, 0.25) is 0 Å². The molecule has 0 aliphatic carbocycles. The molecule has 0 fully saturated rings.